The number of amidine groups is 1. The molecule has 2 aromatic carbocycles. The fraction of sp³-hybridized carbons (Fsp3) is 0.333. The van der Waals surface area contributed by atoms with Gasteiger partial charge in [-0.25, -0.2) is 14.2 Å². The van der Waals surface area contributed by atoms with Crippen LogP contribution < -0.4 is 10.6 Å². The molecule has 2 heterocycles. The van der Waals surface area contributed by atoms with Gasteiger partial charge < -0.3 is 19.2 Å². The first-order chi connectivity index (χ1) is 15.4. The maximum absolute atomic E-state index is 15.0. The molecule has 0 aliphatic carbocycles. The predicted octanol–water partition coefficient (Wildman–Crippen LogP) is 4.00. The first-order valence-electron chi connectivity index (χ1n) is 10.6. The Kier molecular flexibility index (Phi) is 6.25. The van der Waals surface area contributed by atoms with Crippen LogP contribution in [0.1, 0.15) is 37.8 Å². The van der Waals surface area contributed by atoms with Crippen molar-refractivity contribution in [2.75, 3.05) is 18.2 Å². The van der Waals surface area contributed by atoms with Crippen LogP contribution in [0.25, 0.3) is 10.8 Å². The normalized spacial score (nSPS) is 16.3. The number of hydrogen-bond acceptors (Lipinski definition) is 7. The molecule has 7 nitrogen and oxygen atoms in total. The summed E-state index contributed by atoms with van der Waals surface area (Å²) in [6.07, 6.45) is 0.215. The second-order valence-corrected chi connectivity index (χ2v) is 7.95. The third kappa shape index (κ3) is 4.11. The highest BCUT2D eigenvalue weighted by molar-refractivity contribution is 5.90. The molecule has 0 bridgehead atoms. The van der Waals surface area contributed by atoms with Crippen LogP contribution in [0.15, 0.2) is 63.0 Å². The Balaban J connectivity index is 1.66. The monoisotopic (exact) mass is 439 g/mol. The smallest absolute Gasteiger partial charge is 0.343 e. The molecular weight excluding hydrogens is 413 g/mol. The summed E-state index contributed by atoms with van der Waals surface area (Å²) >= 11 is 0. The summed E-state index contributed by atoms with van der Waals surface area (Å²) in [5.41, 5.74) is 1.27. The topological polar surface area (TPSA) is 78.5 Å². The Morgan fingerprint density at radius 2 is 1.94 bits per heavy atom. The summed E-state index contributed by atoms with van der Waals surface area (Å²) in [5.74, 6) is -0.121. The van der Waals surface area contributed by atoms with Crippen molar-refractivity contribution in [3.05, 3.63) is 76.1 Å². The van der Waals surface area contributed by atoms with Crippen molar-refractivity contribution in [3.8, 4) is 0 Å². The van der Waals surface area contributed by atoms with Gasteiger partial charge in [0.2, 0.25) is 6.35 Å². The van der Waals surface area contributed by atoms with E-state index in [9.17, 15) is 9.90 Å². The Hall–Kier alpha value is -3.23. The first-order valence-corrected chi connectivity index (χ1v) is 10.6. The summed E-state index contributed by atoms with van der Waals surface area (Å²) in [6, 6.07) is 12.4. The van der Waals surface area contributed by atoms with E-state index >= 15 is 4.39 Å². The highest BCUT2D eigenvalue weighted by Crippen LogP contribution is 2.33. The van der Waals surface area contributed by atoms with Crippen LogP contribution in [0.4, 0.5) is 10.1 Å². The minimum Gasteiger partial charge on any atom is -0.431 e. The van der Waals surface area contributed by atoms with Crippen LogP contribution in [0.5, 0.6) is 0 Å². The molecule has 168 valence electrons. The molecule has 0 saturated heterocycles. The quantitative estimate of drug-likeness (QED) is 0.600. The third-order valence-corrected chi connectivity index (χ3v) is 5.52. The molecule has 3 aromatic rings. The molecule has 1 aliphatic heterocycles. The Morgan fingerprint density at radius 3 is 2.62 bits per heavy atom. The molecule has 1 atom stereocenters. The lowest BCUT2D eigenvalue weighted by Crippen LogP contribution is -2.43. The van der Waals surface area contributed by atoms with E-state index in [1.165, 1.54) is 11.3 Å². The summed E-state index contributed by atoms with van der Waals surface area (Å²) in [6.45, 7) is 6.81. The number of aliphatic hydroxyl groups is 1. The molecule has 1 N–H and O–H groups in total. The van der Waals surface area contributed by atoms with Gasteiger partial charge in [0.25, 0.3) is 0 Å². The molecule has 0 radical (unpaired) electrons. The highest BCUT2D eigenvalue weighted by atomic mass is 19.1. The van der Waals surface area contributed by atoms with Gasteiger partial charge in [-0.2, -0.15) is 5.10 Å². The average molecular weight is 439 g/mol. The van der Waals surface area contributed by atoms with Crippen LogP contribution in [-0.4, -0.2) is 35.3 Å². The number of fused-ring (bicyclic) bond motifs is 1. The molecule has 8 heteroatoms. The predicted molar refractivity (Wildman–Crippen MR) is 121 cm³/mol. The third-order valence-electron chi connectivity index (χ3n) is 5.52. The van der Waals surface area contributed by atoms with Crippen molar-refractivity contribution in [2.24, 2.45) is 5.10 Å². The molecule has 4 rings (SSSR count). The molecule has 0 fully saturated rings. The molecule has 1 aromatic heterocycles. The molecule has 1 aliphatic rings. The van der Waals surface area contributed by atoms with E-state index in [0.29, 0.717) is 24.4 Å². The lowest BCUT2D eigenvalue weighted by atomic mass is 9.99. The number of hydrazone groups is 1. The summed E-state index contributed by atoms with van der Waals surface area (Å²) in [5, 5.41) is 17.3. The van der Waals surface area contributed by atoms with E-state index in [4.69, 9.17) is 9.15 Å². The standard InChI is InChI=1S/C24H26FN3O4/c1-4-27-22(14-31-12-16-8-6-5-7-9-16)26-28(24(27)30)21-11-17-18(10-20(21)25)23(29)32-13-19(17)15(2)3/h5-11,13,15,24,30H,4,12,14H2,1-3H3. The van der Waals surface area contributed by atoms with Crippen LogP contribution in [0, 0.1) is 5.82 Å². The van der Waals surface area contributed by atoms with E-state index in [1.54, 1.807) is 11.0 Å². The van der Waals surface area contributed by atoms with Crippen molar-refractivity contribution in [3.63, 3.8) is 0 Å². The first kappa shape index (κ1) is 22.0. The number of likely N-dealkylation sites (N-methyl/N-ethyl adjacent to an activating group) is 1. The van der Waals surface area contributed by atoms with Crippen molar-refractivity contribution in [1.82, 2.24) is 4.90 Å². The Bertz CT molecular complexity index is 1190. The van der Waals surface area contributed by atoms with Crippen LogP contribution in [0.3, 0.4) is 0 Å². The van der Waals surface area contributed by atoms with E-state index in [2.05, 4.69) is 5.10 Å². The number of aliphatic hydroxyl groups excluding tert-OH is 1. The van der Waals surface area contributed by atoms with E-state index in [-0.39, 0.29) is 23.6 Å². The number of ether oxygens (including phenoxy) is 1. The molecule has 0 saturated carbocycles. The summed E-state index contributed by atoms with van der Waals surface area (Å²) < 4.78 is 25.9. The minimum atomic E-state index is -1.19. The number of rotatable bonds is 7. The largest absolute Gasteiger partial charge is 0.431 e. The maximum Gasteiger partial charge on any atom is 0.343 e. The lowest BCUT2D eigenvalue weighted by molar-refractivity contribution is 0.0607. The van der Waals surface area contributed by atoms with Crippen LogP contribution >= 0.6 is 0 Å². The van der Waals surface area contributed by atoms with Crippen LogP contribution in [-0.2, 0) is 11.3 Å². The molecule has 32 heavy (non-hydrogen) atoms. The van der Waals surface area contributed by atoms with E-state index in [1.807, 2.05) is 51.1 Å². The SMILES string of the molecule is CCN1C(COCc2ccccc2)=NN(c2cc3c(C(C)C)coc(=O)c3cc2F)C1O. The zero-order valence-electron chi connectivity index (χ0n) is 18.3. The lowest BCUT2D eigenvalue weighted by Gasteiger charge is -2.26. The van der Waals surface area contributed by atoms with Crippen LogP contribution in [0.2, 0.25) is 0 Å². The number of halogens is 1. The van der Waals surface area contributed by atoms with E-state index in [0.717, 1.165) is 17.2 Å². The second-order valence-electron chi connectivity index (χ2n) is 7.95. The minimum absolute atomic E-state index is 0.0567. The van der Waals surface area contributed by atoms with Gasteiger partial charge in [0.1, 0.15) is 18.1 Å². The Labute approximate surface area is 185 Å². The van der Waals surface area contributed by atoms with Gasteiger partial charge in [0, 0.05) is 6.54 Å². The second kappa shape index (κ2) is 9.10. The van der Waals surface area contributed by atoms with E-state index < -0.39 is 17.8 Å². The number of anilines is 1. The summed E-state index contributed by atoms with van der Waals surface area (Å²) in [7, 11) is 0. The number of hydrogen-bond donors (Lipinski definition) is 1. The molecule has 0 amide bonds. The van der Waals surface area contributed by atoms with Gasteiger partial charge in [0.15, 0.2) is 5.84 Å². The van der Waals surface area contributed by atoms with Gasteiger partial charge in [0.05, 0.1) is 18.3 Å². The van der Waals surface area contributed by atoms with Gasteiger partial charge in [-0.1, -0.05) is 44.2 Å². The molecular formula is C24H26FN3O4. The molecule has 1 unspecified atom stereocenters. The van der Waals surface area contributed by atoms with Gasteiger partial charge in [-0.05, 0) is 41.5 Å². The number of nitrogens with zero attached hydrogens (tertiary/aromatic N) is 3. The van der Waals surface area contributed by atoms with Crippen molar-refractivity contribution in [1.29, 1.82) is 0 Å². The highest BCUT2D eigenvalue weighted by Gasteiger charge is 2.34. The fourth-order valence-corrected chi connectivity index (χ4v) is 3.81. The van der Waals surface area contributed by atoms with Crippen molar-refractivity contribution >= 4 is 22.3 Å². The van der Waals surface area contributed by atoms with Crippen molar-refractivity contribution < 1.29 is 18.7 Å². The van der Waals surface area contributed by atoms with Gasteiger partial charge in [-0.3, -0.25) is 0 Å². The van der Waals surface area contributed by atoms with Gasteiger partial charge in [-0.15, -0.1) is 0 Å². The zero-order chi connectivity index (χ0) is 22.8. The molecule has 0 spiro atoms. The summed E-state index contributed by atoms with van der Waals surface area (Å²) in [4.78, 5) is 13.8. The average Bonchev–Trinajstić information content (AvgIpc) is 3.09. The van der Waals surface area contributed by atoms with Gasteiger partial charge >= 0.3 is 5.63 Å². The Morgan fingerprint density at radius 1 is 1.19 bits per heavy atom. The fourth-order valence-electron chi connectivity index (χ4n) is 3.81. The zero-order valence-corrected chi connectivity index (χ0v) is 18.3. The van der Waals surface area contributed by atoms with Crippen molar-refractivity contribution in [2.45, 2.75) is 39.6 Å². The number of benzene rings is 2. The maximum atomic E-state index is 15.0.